The molecule has 0 spiro atoms. The Kier molecular flexibility index (Phi) is 7.45. The van der Waals surface area contributed by atoms with Crippen LogP contribution in [0.15, 0.2) is 11.6 Å². The van der Waals surface area contributed by atoms with Crippen LogP contribution < -0.4 is 0 Å². The molecule has 0 radical (unpaired) electrons. The summed E-state index contributed by atoms with van der Waals surface area (Å²) < 4.78 is 12.0. The Morgan fingerprint density at radius 3 is 2.40 bits per heavy atom. The van der Waals surface area contributed by atoms with Crippen molar-refractivity contribution in [3.05, 3.63) is 11.6 Å². The molecule has 0 aromatic heterocycles. The fourth-order valence-corrected chi connectivity index (χ4v) is 4.28. The lowest BCUT2D eigenvalue weighted by atomic mass is 9.78. The zero-order valence-electron chi connectivity index (χ0n) is 16.9. The molecule has 0 aromatic rings. The SMILES string of the molecule is CCC/C=C1\[C@H](O)C[C@@](CO)(OC(C)=O)C[C@H]1O[Si](C)(C)C(C)(C)C. The highest BCUT2D eigenvalue weighted by Crippen LogP contribution is 2.43. The van der Waals surface area contributed by atoms with Gasteiger partial charge >= 0.3 is 5.97 Å². The van der Waals surface area contributed by atoms with E-state index in [0.29, 0.717) is 6.42 Å². The number of hydrogen-bond donors (Lipinski definition) is 2. The normalized spacial score (nSPS) is 29.7. The number of allylic oxidation sites excluding steroid dienone is 1. The summed E-state index contributed by atoms with van der Waals surface area (Å²) in [7, 11) is -2.09. The molecule has 3 atom stereocenters. The summed E-state index contributed by atoms with van der Waals surface area (Å²) in [4.78, 5) is 11.5. The molecule has 1 aliphatic rings. The third kappa shape index (κ3) is 5.64. The van der Waals surface area contributed by atoms with Gasteiger partial charge in [-0.2, -0.15) is 0 Å². The van der Waals surface area contributed by atoms with E-state index in [4.69, 9.17) is 9.16 Å². The number of aliphatic hydroxyl groups excluding tert-OH is 2. The van der Waals surface area contributed by atoms with Crippen LogP contribution in [0.4, 0.5) is 0 Å². The van der Waals surface area contributed by atoms with Crippen LogP contribution in [0, 0.1) is 0 Å². The molecule has 25 heavy (non-hydrogen) atoms. The number of ether oxygens (including phenoxy) is 1. The first-order valence-corrected chi connectivity index (χ1v) is 12.1. The van der Waals surface area contributed by atoms with Crippen LogP contribution >= 0.6 is 0 Å². The second-order valence-corrected chi connectivity index (χ2v) is 13.5. The minimum atomic E-state index is -2.09. The van der Waals surface area contributed by atoms with Gasteiger partial charge in [0.15, 0.2) is 8.32 Å². The van der Waals surface area contributed by atoms with Crippen molar-refractivity contribution in [2.24, 2.45) is 0 Å². The van der Waals surface area contributed by atoms with Gasteiger partial charge in [-0.25, -0.2) is 0 Å². The van der Waals surface area contributed by atoms with Crippen molar-refractivity contribution in [3.8, 4) is 0 Å². The topological polar surface area (TPSA) is 76.0 Å². The molecule has 0 saturated heterocycles. The molecular formula is C19H36O5Si. The van der Waals surface area contributed by atoms with Gasteiger partial charge in [0.1, 0.15) is 5.60 Å². The molecule has 6 heteroatoms. The Labute approximate surface area is 153 Å². The largest absolute Gasteiger partial charge is 0.457 e. The quantitative estimate of drug-likeness (QED) is 0.424. The molecule has 1 rings (SSSR count). The van der Waals surface area contributed by atoms with Gasteiger partial charge in [-0.15, -0.1) is 0 Å². The second kappa shape index (κ2) is 8.33. The smallest absolute Gasteiger partial charge is 0.303 e. The summed E-state index contributed by atoms with van der Waals surface area (Å²) in [5, 5.41) is 20.6. The number of unbranched alkanes of at least 4 members (excludes halogenated alkanes) is 1. The van der Waals surface area contributed by atoms with E-state index in [1.54, 1.807) is 0 Å². The fourth-order valence-electron chi connectivity index (χ4n) is 2.99. The molecule has 1 saturated carbocycles. The number of aliphatic hydroxyl groups is 2. The van der Waals surface area contributed by atoms with Gasteiger partial charge in [-0.3, -0.25) is 4.79 Å². The van der Waals surface area contributed by atoms with Gasteiger partial charge in [0.25, 0.3) is 0 Å². The first-order chi connectivity index (χ1) is 11.4. The number of carbonyl (C=O) groups excluding carboxylic acids is 1. The van der Waals surface area contributed by atoms with Crippen LogP contribution in [0.25, 0.3) is 0 Å². The van der Waals surface area contributed by atoms with Crippen molar-refractivity contribution < 1.29 is 24.2 Å². The van der Waals surface area contributed by atoms with Crippen molar-refractivity contribution in [1.82, 2.24) is 0 Å². The van der Waals surface area contributed by atoms with E-state index in [-0.39, 0.29) is 24.2 Å². The van der Waals surface area contributed by atoms with E-state index in [2.05, 4.69) is 46.9 Å². The van der Waals surface area contributed by atoms with Crippen LogP contribution in [-0.2, 0) is 14.0 Å². The third-order valence-corrected chi connectivity index (χ3v) is 9.93. The monoisotopic (exact) mass is 372 g/mol. The predicted octanol–water partition coefficient (Wildman–Crippen LogP) is 3.55. The maximum Gasteiger partial charge on any atom is 0.303 e. The molecule has 0 unspecified atom stereocenters. The average molecular weight is 373 g/mol. The maximum atomic E-state index is 11.5. The van der Waals surface area contributed by atoms with Gasteiger partial charge in [0, 0.05) is 19.8 Å². The third-order valence-electron chi connectivity index (χ3n) is 5.44. The fraction of sp³-hybridized carbons (Fsp3) is 0.842. The number of rotatable bonds is 6. The second-order valence-electron chi connectivity index (χ2n) is 8.72. The summed E-state index contributed by atoms with van der Waals surface area (Å²) >= 11 is 0. The van der Waals surface area contributed by atoms with Crippen molar-refractivity contribution in [3.63, 3.8) is 0 Å². The summed E-state index contributed by atoms with van der Waals surface area (Å²) in [6.45, 7) is 13.9. The maximum absolute atomic E-state index is 11.5. The van der Waals surface area contributed by atoms with E-state index < -0.39 is 26.0 Å². The first kappa shape index (κ1) is 22.3. The number of carbonyl (C=O) groups is 1. The Hall–Kier alpha value is -0.693. The van der Waals surface area contributed by atoms with E-state index >= 15 is 0 Å². The highest BCUT2D eigenvalue weighted by atomic mass is 28.4. The lowest BCUT2D eigenvalue weighted by Gasteiger charge is -2.47. The van der Waals surface area contributed by atoms with Crippen molar-refractivity contribution in [2.75, 3.05) is 6.61 Å². The van der Waals surface area contributed by atoms with Gasteiger partial charge in [0.05, 0.1) is 18.8 Å². The standard InChI is InChI=1S/C19H36O5Si/c1-8-9-10-15-16(22)11-19(13-20,23-14(2)21)12-17(15)24-25(6,7)18(3,4)5/h10,16-17,20,22H,8-9,11-13H2,1-7H3/b15-10+/t16-,17-,19-/m1/s1. The minimum absolute atomic E-state index is 0.0224. The van der Waals surface area contributed by atoms with Gasteiger partial charge in [-0.05, 0) is 30.1 Å². The number of esters is 1. The summed E-state index contributed by atoms with van der Waals surface area (Å²) in [5.74, 6) is -0.451. The molecule has 146 valence electrons. The Morgan fingerprint density at radius 2 is 1.96 bits per heavy atom. The molecule has 5 nitrogen and oxygen atoms in total. The summed E-state index contributed by atoms with van der Waals surface area (Å²) in [6, 6.07) is 0. The lowest BCUT2D eigenvalue weighted by molar-refractivity contribution is -0.172. The Morgan fingerprint density at radius 1 is 1.36 bits per heavy atom. The van der Waals surface area contributed by atoms with Crippen LogP contribution in [0.2, 0.25) is 18.1 Å². The lowest BCUT2D eigenvalue weighted by Crippen LogP contribution is -2.54. The Balaban J connectivity index is 3.20. The van der Waals surface area contributed by atoms with Crippen LogP contribution in [0.5, 0.6) is 0 Å². The van der Waals surface area contributed by atoms with Crippen LogP contribution in [0.1, 0.15) is 60.3 Å². The van der Waals surface area contributed by atoms with E-state index in [1.165, 1.54) is 6.92 Å². The summed E-state index contributed by atoms with van der Waals surface area (Å²) in [5.41, 5.74) is -0.218. The molecule has 0 bridgehead atoms. The molecule has 0 heterocycles. The first-order valence-electron chi connectivity index (χ1n) is 9.24. The molecule has 0 aliphatic heterocycles. The molecular weight excluding hydrogens is 336 g/mol. The van der Waals surface area contributed by atoms with Crippen LogP contribution in [0.3, 0.4) is 0 Å². The van der Waals surface area contributed by atoms with Crippen molar-refractivity contribution in [1.29, 1.82) is 0 Å². The average Bonchev–Trinajstić information content (AvgIpc) is 2.44. The highest BCUT2D eigenvalue weighted by Gasteiger charge is 2.48. The Bertz CT molecular complexity index is 495. The van der Waals surface area contributed by atoms with Gasteiger partial charge < -0.3 is 19.4 Å². The molecule has 0 aromatic carbocycles. The molecule has 1 aliphatic carbocycles. The van der Waals surface area contributed by atoms with Gasteiger partial charge in [0.2, 0.25) is 0 Å². The van der Waals surface area contributed by atoms with Crippen molar-refractivity contribution in [2.45, 2.75) is 96.2 Å². The zero-order valence-corrected chi connectivity index (χ0v) is 17.9. The summed E-state index contributed by atoms with van der Waals surface area (Å²) in [6.07, 6.45) is 3.36. The van der Waals surface area contributed by atoms with Crippen LogP contribution in [-0.4, -0.2) is 48.9 Å². The zero-order chi connectivity index (χ0) is 19.5. The van der Waals surface area contributed by atoms with E-state index in [9.17, 15) is 15.0 Å². The van der Waals surface area contributed by atoms with Gasteiger partial charge in [-0.1, -0.05) is 40.2 Å². The number of hydrogen-bond acceptors (Lipinski definition) is 5. The molecule has 2 N–H and O–H groups in total. The molecule has 0 amide bonds. The van der Waals surface area contributed by atoms with E-state index in [0.717, 1.165) is 18.4 Å². The van der Waals surface area contributed by atoms with Crippen molar-refractivity contribution >= 4 is 14.3 Å². The molecule has 1 fully saturated rings. The minimum Gasteiger partial charge on any atom is -0.457 e. The predicted molar refractivity (Wildman–Crippen MR) is 102 cm³/mol. The van der Waals surface area contributed by atoms with E-state index in [1.807, 2.05) is 0 Å². The highest BCUT2D eigenvalue weighted by molar-refractivity contribution is 6.74.